The van der Waals surface area contributed by atoms with Gasteiger partial charge in [-0.1, -0.05) is 23.9 Å². The zero-order valence-corrected chi connectivity index (χ0v) is 13.8. The summed E-state index contributed by atoms with van der Waals surface area (Å²) >= 11 is 1.21. The van der Waals surface area contributed by atoms with Gasteiger partial charge in [0.15, 0.2) is 5.17 Å². The molecule has 0 saturated carbocycles. The van der Waals surface area contributed by atoms with Crippen LogP contribution in [0.2, 0.25) is 0 Å². The number of hydrogen-bond donors (Lipinski definition) is 3. The van der Waals surface area contributed by atoms with Gasteiger partial charge in [0.2, 0.25) is 11.8 Å². The summed E-state index contributed by atoms with van der Waals surface area (Å²) in [6.07, 6.45) is 0.0724. The molecule has 0 bridgehead atoms. The van der Waals surface area contributed by atoms with Gasteiger partial charge < -0.3 is 16.4 Å². The van der Waals surface area contributed by atoms with Crippen LogP contribution < -0.4 is 16.4 Å². The van der Waals surface area contributed by atoms with Crippen LogP contribution >= 0.6 is 11.8 Å². The molecule has 0 radical (unpaired) electrons. The number of hydrogen-bond acceptors (Lipinski definition) is 6. The first-order valence-electron chi connectivity index (χ1n) is 7.13. The van der Waals surface area contributed by atoms with Crippen LogP contribution in [0.5, 0.6) is 0 Å². The second-order valence-electron chi connectivity index (χ2n) is 5.20. The van der Waals surface area contributed by atoms with Gasteiger partial charge in [-0.05, 0) is 31.5 Å². The summed E-state index contributed by atoms with van der Waals surface area (Å²) in [6, 6.07) is 7.27. The first kappa shape index (κ1) is 17.2. The molecule has 1 atom stereocenters. The fourth-order valence-corrected chi connectivity index (χ4v) is 2.75. The molecule has 1 aliphatic rings. The number of nitrogens with zero attached hydrogens (tertiary/aromatic N) is 2. The Kier molecular flexibility index (Phi) is 5.89. The Hall–Kier alpha value is -2.19. The lowest BCUT2D eigenvalue weighted by atomic mass is 10.2. The molecule has 1 unspecified atom stereocenters. The number of nitrogens with two attached hydrogens (primary N) is 1. The van der Waals surface area contributed by atoms with Crippen LogP contribution in [0.4, 0.5) is 5.69 Å². The van der Waals surface area contributed by atoms with E-state index < -0.39 is 5.25 Å². The molecule has 7 nitrogen and oxygen atoms in total. The lowest BCUT2D eigenvalue weighted by Gasteiger charge is -2.08. The largest absolute Gasteiger partial charge is 0.326 e. The highest BCUT2D eigenvalue weighted by molar-refractivity contribution is 8.15. The van der Waals surface area contributed by atoms with Crippen molar-refractivity contribution in [2.75, 3.05) is 5.32 Å². The van der Waals surface area contributed by atoms with Gasteiger partial charge >= 0.3 is 0 Å². The topological polar surface area (TPSA) is 109 Å². The summed E-state index contributed by atoms with van der Waals surface area (Å²) in [6.45, 7) is 4.08. The Bertz CT molecular complexity index is 650. The molecule has 2 rings (SSSR count). The van der Waals surface area contributed by atoms with Crippen LogP contribution in [0.3, 0.4) is 0 Å². The van der Waals surface area contributed by atoms with Crippen molar-refractivity contribution in [1.82, 2.24) is 5.32 Å². The third-order valence-corrected chi connectivity index (χ3v) is 4.03. The van der Waals surface area contributed by atoms with Gasteiger partial charge in [0, 0.05) is 24.4 Å². The van der Waals surface area contributed by atoms with E-state index in [1.165, 1.54) is 11.8 Å². The van der Waals surface area contributed by atoms with Crippen molar-refractivity contribution < 1.29 is 9.59 Å². The van der Waals surface area contributed by atoms with Crippen molar-refractivity contribution in [2.45, 2.75) is 32.1 Å². The Morgan fingerprint density at radius 2 is 2.04 bits per heavy atom. The number of rotatable bonds is 5. The van der Waals surface area contributed by atoms with Crippen molar-refractivity contribution in [1.29, 1.82) is 0 Å². The molecule has 0 aliphatic carbocycles. The van der Waals surface area contributed by atoms with Crippen molar-refractivity contribution in [3.8, 4) is 0 Å². The summed E-state index contributed by atoms with van der Waals surface area (Å²) in [4.78, 5) is 23.9. The van der Waals surface area contributed by atoms with Gasteiger partial charge in [-0.3, -0.25) is 9.59 Å². The van der Waals surface area contributed by atoms with Gasteiger partial charge in [-0.2, -0.15) is 5.10 Å². The first-order valence-corrected chi connectivity index (χ1v) is 8.01. The number of nitrogens with one attached hydrogen (secondary N) is 2. The predicted molar refractivity (Wildman–Crippen MR) is 93.3 cm³/mol. The zero-order valence-electron chi connectivity index (χ0n) is 13.0. The molecule has 1 heterocycles. The minimum atomic E-state index is -0.496. The molecule has 23 heavy (non-hydrogen) atoms. The molecular weight excluding hydrogens is 314 g/mol. The molecule has 8 heteroatoms. The van der Waals surface area contributed by atoms with Crippen molar-refractivity contribution in [2.24, 2.45) is 15.9 Å². The van der Waals surface area contributed by atoms with Gasteiger partial charge in [0.05, 0.1) is 0 Å². The van der Waals surface area contributed by atoms with Crippen LogP contribution in [0.25, 0.3) is 0 Å². The van der Waals surface area contributed by atoms with Gasteiger partial charge in [-0.15, -0.1) is 5.10 Å². The molecule has 1 aliphatic heterocycles. The molecule has 0 aromatic heterocycles. The first-order chi connectivity index (χ1) is 11.0. The average Bonchev–Trinajstić information content (AvgIpc) is 2.86. The van der Waals surface area contributed by atoms with E-state index >= 15 is 0 Å². The number of amides is 2. The maximum absolute atomic E-state index is 12.0. The fourth-order valence-electron chi connectivity index (χ4n) is 1.84. The molecule has 1 aromatic carbocycles. The molecule has 1 aromatic rings. The minimum absolute atomic E-state index is 0.0724. The third-order valence-electron chi connectivity index (χ3n) is 2.96. The van der Waals surface area contributed by atoms with Crippen LogP contribution in [-0.4, -0.2) is 27.9 Å². The molecule has 0 spiro atoms. The van der Waals surface area contributed by atoms with Crippen LogP contribution in [0, 0.1) is 0 Å². The van der Waals surface area contributed by atoms with E-state index in [2.05, 4.69) is 20.8 Å². The second-order valence-corrected chi connectivity index (χ2v) is 6.39. The lowest BCUT2D eigenvalue weighted by molar-refractivity contribution is -0.122. The smallest absolute Gasteiger partial charge is 0.240 e. The fraction of sp³-hybridized carbons (Fsp3) is 0.333. The maximum atomic E-state index is 12.0. The average molecular weight is 333 g/mol. The maximum Gasteiger partial charge on any atom is 0.240 e. The van der Waals surface area contributed by atoms with Crippen molar-refractivity contribution >= 4 is 40.1 Å². The summed E-state index contributed by atoms with van der Waals surface area (Å²) in [5.74, 6) is -0.457. The Morgan fingerprint density at radius 3 is 2.65 bits per heavy atom. The summed E-state index contributed by atoms with van der Waals surface area (Å²) < 4.78 is 0. The van der Waals surface area contributed by atoms with E-state index in [0.717, 1.165) is 11.3 Å². The third kappa shape index (κ3) is 5.19. The number of carbonyl (C=O) groups excluding carboxylic acids is 2. The molecule has 4 N–H and O–H groups in total. The summed E-state index contributed by atoms with van der Waals surface area (Å²) in [5.41, 5.74) is 7.98. The van der Waals surface area contributed by atoms with Gasteiger partial charge in [0.1, 0.15) is 5.25 Å². The standard InChI is InChI=1S/C15H19N5O2S/c1-9(2)19-20-15-18-14(22)12(23-15)7-13(21)17-11-5-3-10(8-16)4-6-11/h3-6,12H,7-8,16H2,1-2H3,(H,17,21)(H,18,20,22). The number of thioether (sulfide) groups is 1. The second kappa shape index (κ2) is 7.89. The SMILES string of the molecule is CC(C)=NN=C1NC(=O)C(CC(=O)Nc2ccc(CN)cc2)S1. The van der Waals surface area contributed by atoms with Crippen LogP contribution in [0.1, 0.15) is 25.8 Å². The number of carbonyl (C=O) groups is 2. The highest BCUT2D eigenvalue weighted by Gasteiger charge is 2.32. The highest BCUT2D eigenvalue weighted by atomic mass is 32.2. The molecule has 2 amide bonds. The zero-order chi connectivity index (χ0) is 16.8. The monoisotopic (exact) mass is 333 g/mol. The van der Waals surface area contributed by atoms with E-state index in [0.29, 0.717) is 17.4 Å². The number of amidine groups is 1. The van der Waals surface area contributed by atoms with Gasteiger partial charge in [-0.25, -0.2) is 0 Å². The minimum Gasteiger partial charge on any atom is -0.326 e. The van der Waals surface area contributed by atoms with Crippen molar-refractivity contribution in [3.63, 3.8) is 0 Å². The number of anilines is 1. The quantitative estimate of drug-likeness (QED) is 0.560. The van der Waals surface area contributed by atoms with E-state index in [-0.39, 0.29) is 18.2 Å². The van der Waals surface area contributed by atoms with Gasteiger partial charge in [0.25, 0.3) is 0 Å². The normalized spacial score (nSPS) is 18.7. The Labute approximate surface area is 138 Å². The predicted octanol–water partition coefficient (Wildman–Crippen LogP) is 1.46. The lowest BCUT2D eigenvalue weighted by Crippen LogP contribution is -2.28. The van der Waals surface area contributed by atoms with Crippen molar-refractivity contribution in [3.05, 3.63) is 29.8 Å². The van der Waals surface area contributed by atoms with E-state index in [4.69, 9.17) is 5.73 Å². The molecule has 122 valence electrons. The van der Waals surface area contributed by atoms with Crippen LogP contribution in [-0.2, 0) is 16.1 Å². The Balaban J connectivity index is 1.91. The van der Waals surface area contributed by atoms with E-state index in [1.807, 2.05) is 26.0 Å². The Morgan fingerprint density at radius 1 is 1.35 bits per heavy atom. The molecule has 1 fully saturated rings. The van der Waals surface area contributed by atoms with E-state index in [1.54, 1.807) is 12.1 Å². The molecule has 1 saturated heterocycles. The van der Waals surface area contributed by atoms with E-state index in [9.17, 15) is 9.59 Å². The van der Waals surface area contributed by atoms with Crippen LogP contribution in [0.15, 0.2) is 34.5 Å². The number of benzene rings is 1. The highest BCUT2D eigenvalue weighted by Crippen LogP contribution is 2.23. The summed E-state index contributed by atoms with van der Waals surface area (Å²) in [7, 11) is 0. The summed E-state index contributed by atoms with van der Waals surface area (Å²) in [5, 5.41) is 13.1. The molecular formula is C15H19N5O2S.